The second-order valence-electron chi connectivity index (χ2n) is 2.41. The summed E-state index contributed by atoms with van der Waals surface area (Å²) in [6, 6.07) is 0. The summed E-state index contributed by atoms with van der Waals surface area (Å²) in [7, 11) is 0. The maximum Gasteiger partial charge on any atom is 0.124 e. The largest absolute Gasteiger partial charge is 0.384 e. The van der Waals surface area contributed by atoms with Crippen LogP contribution in [-0.4, -0.2) is 11.5 Å². The van der Waals surface area contributed by atoms with Crippen LogP contribution in [0.4, 0.5) is 0 Å². The minimum absolute atomic E-state index is 0.0208. The van der Waals surface area contributed by atoms with Crippen molar-refractivity contribution in [3.63, 3.8) is 0 Å². The van der Waals surface area contributed by atoms with Gasteiger partial charge < -0.3 is 11.1 Å². The van der Waals surface area contributed by atoms with Gasteiger partial charge in [-0.25, -0.2) is 0 Å². The molecule has 0 rings (SSSR count). The van der Waals surface area contributed by atoms with E-state index in [9.17, 15) is 0 Å². The third-order valence-electron chi connectivity index (χ3n) is 1.14. The Labute approximate surface area is 60.9 Å². The first-order chi connectivity index (χ1) is 4.46. The molecule has 0 spiro atoms. The van der Waals surface area contributed by atoms with Crippen LogP contribution in [0.15, 0.2) is 11.1 Å². The van der Waals surface area contributed by atoms with Gasteiger partial charge in [0, 0.05) is 11.3 Å². The zero-order chi connectivity index (χ0) is 8.31. The Morgan fingerprint density at radius 1 is 1.10 bits per heavy atom. The first-order valence-electron chi connectivity index (χ1n) is 3.04. The summed E-state index contributed by atoms with van der Waals surface area (Å²) < 4.78 is 0. The molecule has 0 unspecified atom stereocenters. The van der Waals surface area contributed by atoms with Gasteiger partial charge in [-0.15, -0.1) is 0 Å². The van der Waals surface area contributed by atoms with Gasteiger partial charge in [-0.05, 0) is 20.8 Å². The zero-order valence-corrected chi connectivity index (χ0v) is 6.58. The summed E-state index contributed by atoms with van der Waals surface area (Å²) >= 11 is 0. The highest BCUT2D eigenvalue weighted by molar-refractivity contribution is 6.20. The van der Waals surface area contributed by atoms with Crippen molar-refractivity contribution in [2.75, 3.05) is 0 Å². The number of nitrogens with one attached hydrogen (secondary N) is 2. The maximum atomic E-state index is 7.23. The summed E-state index contributed by atoms with van der Waals surface area (Å²) in [6.07, 6.45) is 0. The smallest absolute Gasteiger partial charge is 0.124 e. The minimum atomic E-state index is -0.0208. The molecule has 0 heterocycles. The van der Waals surface area contributed by atoms with Gasteiger partial charge in [0.25, 0.3) is 0 Å². The van der Waals surface area contributed by atoms with Gasteiger partial charge >= 0.3 is 0 Å². The van der Waals surface area contributed by atoms with E-state index in [1.165, 1.54) is 0 Å². The van der Waals surface area contributed by atoms with Crippen LogP contribution in [0.25, 0.3) is 0 Å². The van der Waals surface area contributed by atoms with E-state index in [4.69, 9.17) is 16.6 Å². The summed E-state index contributed by atoms with van der Waals surface area (Å²) in [5.74, 6) is -0.0208. The summed E-state index contributed by atoms with van der Waals surface area (Å²) in [4.78, 5) is 0. The molecule has 0 radical (unpaired) electrons. The molecule has 10 heavy (non-hydrogen) atoms. The van der Waals surface area contributed by atoms with Crippen LogP contribution in [0, 0.1) is 10.8 Å². The van der Waals surface area contributed by atoms with Crippen LogP contribution in [0.3, 0.4) is 0 Å². The van der Waals surface area contributed by atoms with Crippen molar-refractivity contribution >= 4 is 11.5 Å². The monoisotopic (exact) mass is 139 g/mol. The van der Waals surface area contributed by atoms with E-state index >= 15 is 0 Å². The quantitative estimate of drug-likeness (QED) is 0.391. The van der Waals surface area contributed by atoms with Gasteiger partial charge in [0.05, 0.1) is 0 Å². The van der Waals surface area contributed by atoms with Crippen LogP contribution in [0.1, 0.15) is 20.8 Å². The fourth-order valence-electron chi connectivity index (χ4n) is 0.846. The van der Waals surface area contributed by atoms with E-state index in [1.54, 1.807) is 6.92 Å². The zero-order valence-electron chi connectivity index (χ0n) is 6.58. The van der Waals surface area contributed by atoms with Gasteiger partial charge in [-0.1, -0.05) is 5.57 Å². The molecular weight excluding hydrogens is 126 g/mol. The van der Waals surface area contributed by atoms with Crippen LogP contribution >= 0.6 is 0 Å². The van der Waals surface area contributed by atoms with E-state index in [0.29, 0.717) is 11.3 Å². The molecule has 56 valence electrons. The number of hydrogen-bond acceptors (Lipinski definition) is 2. The molecular formula is C7H13N3. The summed E-state index contributed by atoms with van der Waals surface area (Å²) in [5.41, 5.74) is 7.05. The fraction of sp³-hybridized carbons (Fsp3) is 0.429. The molecule has 3 heteroatoms. The second-order valence-corrected chi connectivity index (χ2v) is 2.41. The highest BCUT2D eigenvalue weighted by Gasteiger charge is 2.04. The van der Waals surface area contributed by atoms with Crippen LogP contribution in [0.5, 0.6) is 0 Å². The van der Waals surface area contributed by atoms with Gasteiger partial charge in [0.1, 0.15) is 5.84 Å². The van der Waals surface area contributed by atoms with Crippen molar-refractivity contribution in [1.82, 2.24) is 0 Å². The van der Waals surface area contributed by atoms with Crippen molar-refractivity contribution in [1.29, 1.82) is 10.8 Å². The lowest BCUT2D eigenvalue weighted by Crippen LogP contribution is -2.18. The van der Waals surface area contributed by atoms with Crippen molar-refractivity contribution in [2.24, 2.45) is 5.73 Å². The van der Waals surface area contributed by atoms with Gasteiger partial charge in [-0.2, -0.15) is 0 Å². The van der Waals surface area contributed by atoms with Crippen molar-refractivity contribution in [3.8, 4) is 0 Å². The number of hydrogen-bond donors (Lipinski definition) is 3. The molecule has 0 saturated carbocycles. The SMILES string of the molecule is CC(=N)C(C(=N)N)=C(C)C. The average molecular weight is 139 g/mol. The van der Waals surface area contributed by atoms with Gasteiger partial charge in [0.15, 0.2) is 0 Å². The summed E-state index contributed by atoms with van der Waals surface area (Å²) in [6.45, 7) is 5.31. The van der Waals surface area contributed by atoms with Crippen LogP contribution in [0.2, 0.25) is 0 Å². The molecule has 0 aromatic rings. The van der Waals surface area contributed by atoms with Crippen molar-refractivity contribution < 1.29 is 0 Å². The highest BCUT2D eigenvalue weighted by atomic mass is 14.7. The Balaban J connectivity index is 4.79. The number of rotatable bonds is 2. The number of allylic oxidation sites excluding steroid dienone is 1. The lowest BCUT2D eigenvalue weighted by atomic mass is 10.1. The molecule has 0 atom stereocenters. The van der Waals surface area contributed by atoms with E-state index in [2.05, 4.69) is 0 Å². The maximum absolute atomic E-state index is 7.23. The van der Waals surface area contributed by atoms with Gasteiger partial charge in [0.2, 0.25) is 0 Å². The molecule has 0 aliphatic heterocycles. The molecule has 0 fully saturated rings. The highest BCUT2D eigenvalue weighted by Crippen LogP contribution is 2.03. The Morgan fingerprint density at radius 2 is 1.50 bits per heavy atom. The lowest BCUT2D eigenvalue weighted by Gasteiger charge is -2.04. The van der Waals surface area contributed by atoms with E-state index in [0.717, 1.165) is 5.57 Å². The number of amidine groups is 1. The Hall–Kier alpha value is -1.12. The fourth-order valence-corrected chi connectivity index (χ4v) is 0.846. The average Bonchev–Trinajstić information content (AvgIpc) is 1.59. The summed E-state index contributed by atoms with van der Waals surface area (Å²) in [5, 5.41) is 14.3. The second kappa shape index (κ2) is 3.15. The minimum Gasteiger partial charge on any atom is -0.384 e. The normalized spacial score (nSPS) is 8.70. The number of nitrogens with two attached hydrogens (primary N) is 1. The molecule has 0 aromatic carbocycles. The molecule has 0 amide bonds. The molecule has 0 bridgehead atoms. The topological polar surface area (TPSA) is 73.7 Å². The predicted octanol–water partition coefficient (Wildman–Crippen LogP) is 1.30. The third-order valence-corrected chi connectivity index (χ3v) is 1.14. The van der Waals surface area contributed by atoms with Crippen LogP contribution < -0.4 is 5.73 Å². The first kappa shape index (κ1) is 8.88. The van der Waals surface area contributed by atoms with Crippen molar-refractivity contribution in [2.45, 2.75) is 20.8 Å². The van der Waals surface area contributed by atoms with E-state index in [1.807, 2.05) is 13.8 Å². The molecule has 0 aromatic heterocycles. The first-order valence-corrected chi connectivity index (χ1v) is 3.04. The molecule has 3 nitrogen and oxygen atoms in total. The third kappa shape index (κ3) is 2.01. The molecule has 4 N–H and O–H groups in total. The Kier molecular flexibility index (Phi) is 2.80. The Morgan fingerprint density at radius 3 is 1.50 bits per heavy atom. The van der Waals surface area contributed by atoms with Crippen LogP contribution in [-0.2, 0) is 0 Å². The molecule has 0 saturated heterocycles. The molecule has 0 aliphatic carbocycles. The van der Waals surface area contributed by atoms with Crippen molar-refractivity contribution in [3.05, 3.63) is 11.1 Å². The van der Waals surface area contributed by atoms with E-state index in [-0.39, 0.29) is 5.84 Å². The van der Waals surface area contributed by atoms with E-state index < -0.39 is 0 Å². The predicted molar refractivity (Wildman–Crippen MR) is 43.7 cm³/mol. The lowest BCUT2D eigenvalue weighted by molar-refractivity contribution is 1.32. The van der Waals surface area contributed by atoms with Gasteiger partial charge in [-0.3, -0.25) is 5.41 Å². The standard InChI is InChI=1S/C7H13N3/c1-4(2)6(5(3)8)7(9)10/h8H,1-3H3,(H3,9,10). The molecule has 0 aliphatic rings. The Bertz CT molecular complexity index is 181.